The van der Waals surface area contributed by atoms with Gasteiger partial charge in [-0.25, -0.2) is 9.59 Å². The van der Waals surface area contributed by atoms with Crippen LogP contribution in [-0.2, 0) is 9.59 Å². The maximum atomic E-state index is 11.4. The van der Waals surface area contributed by atoms with Gasteiger partial charge in [0, 0.05) is 17.8 Å². The van der Waals surface area contributed by atoms with Gasteiger partial charge in [-0.2, -0.15) is 0 Å². The number of carboxylic acids is 1. The molecule has 0 aliphatic rings. The molecule has 0 bridgehead atoms. The Morgan fingerprint density at radius 1 is 1.22 bits per heavy atom. The fourth-order valence-electron chi connectivity index (χ4n) is 1.19. The number of anilines is 1. The van der Waals surface area contributed by atoms with Crippen molar-refractivity contribution in [2.75, 3.05) is 5.32 Å². The Morgan fingerprint density at radius 2 is 1.94 bits per heavy atom. The van der Waals surface area contributed by atoms with Gasteiger partial charge in [0.05, 0.1) is 0 Å². The number of carboxylic acid groups (broad SMARTS) is 1. The zero-order valence-electron chi connectivity index (χ0n) is 9.64. The van der Waals surface area contributed by atoms with Gasteiger partial charge in [0.1, 0.15) is 0 Å². The van der Waals surface area contributed by atoms with Crippen LogP contribution in [0.3, 0.4) is 0 Å². The molecule has 1 rings (SSSR count). The van der Waals surface area contributed by atoms with E-state index in [0.29, 0.717) is 11.8 Å². The number of aliphatic carboxylic acids is 1. The van der Waals surface area contributed by atoms with Crippen molar-refractivity contribution in [1.82, 2.24) is 5.32 Å². The van der Waals surface area contributed by atoms with E-state index in [0.717, 1.165) is 11.6 Å². The molecule has 6 nitrogen and oxygen atoms in total. The highest BCUT2D eigenvalue weighted by molar-refractivity contribution is 6.06. The molecule has 6 heteroatoms. The highest BCUT2D eigenvalue weighted by atomic mass is 16.4. The SMILES string of the molecule is Cc1cccc(NC(=O)NC(=O)/C=C/C(=O)O)c1. The van der Waals surface area contributed by atoms with Crippen LogP contribution in [-0.4, -0.2) is 23.0 Å². The monoisotopic (exact) mass is 248 g/mol. The topological polar surface area (TPSA) is 95.5 Å². The van der Waals surface area contributed by atoms with Crippen molar-refractivity contribution >= 4 is 23.6 Å². The fraction of sp³-hybridized carbons (Fsp3) is 0.0833. The second-order valence-electron chi connectivity index (χ2n) is 3.48. The summed E-state index contributed by atoms with van der Waals surface area (Å²) in [4.78, 5) is 32.6. The second kappa shape index (κ2) is 6.19. The molecule has 0 spiro atoms. The fourth-order valence-corrected chi connectivity index (χ4v) is 1.19. The van der Waals surface area contributed by atoms with Gasteiger partial charge in [0.25, 0.3) is 5.91 Å². The van der Waals surface area contributed by atoms with E-state index in [4.69, 9.17) is 5.11 Å². The molecule has 0 atom stereocenters. The number of hydrogen-bond donors (Lipinski definition) is 3. The third kappa shape index (κ3) is 4.93. The zero-order chi connectivity index (χ0) is 13.5. The summed E-state index contributed by atoms with van der Waals surface area (Å²) >= 11 is 0. The van der Waals surface area contributed by atoms with Gasteiger partial charge in [0.2, 0.25) is 0 Å². The number of benzene rings is 1. The van der Waals surface area contributed by atoms with Crippen LogP contribution in [0.2, 0.25) is 0 Å². The lowest BCUT2D eigenvalue weighted by Gasteiger charge is -2.05. The highest BCUT2D eigenvalue weighted by Gasteiger charge is 2.05. The van der Waals surface area contributed by atoms with Crippen LogP contribution >= 0.6 is 0 Å². The lowest BCUT2D eigenvalue weighted by atomic mass is 10.2. The predicted molar refractivity (Wildman–Crippen MR) is 65.1 cm³/mol. The van der Waals surface area contributed by atoms with Crippen LogP contribution in [0.15, 0.2) is 36.4 Å². The van der Waals surface area contributed by atoms with Crippen LogP contribution in [0.4, 0.5) is 10.5 Å². The summed E-state index contributed by atoms with van der Waals surface area (Å²) in [6.07, 6.45) is 1.41. The first-order chi connectivity index (χ1) is 8.47. The lowest BCUT2D eigenvalue weighted by Crippen LogP contribution is -2.33. The molecule has 0 saturated carbocycles. The highest BCUT2D eigenvalue weighted by Crippen LogP contribution is 2.08. The molecule has 0 heterocycles. The van der Waals surface area contributed by atoms with E-state index in [9.17, 15) is 14.4 Å². The summed E-state index contributed by atoms with van der Waals surface area (Å²) in [6, 6.07) is 6.31. The summed E-state index contributed by atoms with van der Waals surface area (Å²) in [5, 5.41) is 12.7. The van der Waals surface area contributed by atoms with Crippen molar-refractivity contribution in [3.05, 3.63) is 42.0 Å². The Hall–Kier alpha value is -2.63. The Labute approximate surface area is 103 Å². The predicted octanol–water partition coefficient (Wildman–Crippen LogP) is 1.28. The number of amides is 3. The van der Waals surface area contributed by atoms with Gasteiger partial charge in [-0.05, 0) is 24.6 Å². The molecular formula is C12H12N2O4. The lowest BCUT2D eigenvalue weighted by molar-refractivity contribution is -0.131. The van der Waals surface area contributed by atoms with Crippen LogP contribution in [0, 0.1) is 6.92 Å². The van der Waals surface area contributed by atoms with Gasteiger partial charge in [0.15, 0.2) is 0 Å². The minimum atomic E-state index is -1.26. The van der Waals surface area contributed by atoms with Crippen molar-refractivity contribution in [2.24, 2.45) is 0 Å². The zero-order valence-corrected chi connectivity index (χ0v) is 9.64. The Kier molecular flexibility index (Phi) is 4.62. The molecule has 94 valence electrons. The summed E-state index contributed by atoms with van der Waals surface area (Å²) in [6.45, 7) is 1.86. The number of hydrogen-bond acceptors (Lipinski definition) is 3. The van der Waals surface area contributed by atoms with Gasteiger partial charge >= 0.3 is 12.0 Å². The van der Waals surface area contributed by atoms with E-state index in [2.05, 4.69) is 5.32 Å². The first-order valence-electron chi connectivity index (χ1n) is 5.07. The molecule has 0 aromatic heterocycles. The molecule has 0 saturated heterocycles. The van der Waals surface area contributed by atoms with Gasteiger partial charge in [-0.3, -0.25) is 10.1 Å². The van der Waals surface area contributed by atoms with E-state index >= 15 is 0 Å². The molecule has 18 heavy (non-hydrogen) atoms. The first kappa shape index (κ1) is 13.4. The average molecular weight is 248 g/mol. The average Bonchev–Trinajstić information content (AvgIpc) is 2.26. The summed E-state index contributed by atoms with van der Waals surface area (Å²) in [5.41, 5.74) is 1.51. The Balaban J connectivity index is 2.52. The van der Waals surface area contributed by atoms with Crippen molar-refractivity contribution in [1.29, 1.82) is 0 Å². The first-order valence-corrected chi connectivity index (χ1v) is 5.07. The Bertz CT molecular complexity index is 509. The number of imide groups is 1. The van der Waals surface area contributed by atoms with Crippen LogP contribution < -0.4 is 10.6 Å². The quantitative estimate of drug-likeness (QED) is 0.702. The van der Waals surface area contributed by atoms with Crippen molar-refractivity contribution in [3.8, 4) is 0 Å². The van der Waals surface area contributed by atoms with Gasteiger partial charge in [-0.15, -0.1) is 0 Å². The molecule has 0 aliphatic carbocycles. The van der Waals surface area contributed by atoms with Crippen molar-refractivity contribution < 1.29 is 19.5 Å². The number of rotatable bonds is 3. The maximum absolute atomic E-state index is 11.4. The van der Waals surface area contributed by atoms with Crippen LogP contribution in [0.5, 0.6) is 0 Å². The van der Waals surface area contributed by atoms with E-state index in [1.807, 2.05) is 18.3 Å². The minimum Gasteiger partial charge on any atom is -0.478 e. The van der Waals surface area contributed by atoms with Crippen molar-refractivity contribution in [2.45, 2.75) is 6.92 Å². The van der Waals surface area contributed by atoms with Crippen molar-refractivity contribution in [3.63, 3.8) is 0 Å². The molecule has 1 aromatic carbocycles. The van der Waals surface area contributed by atoms with E-state index < -0.39 is 17.9 Å². The largest absolute Gasteiger partial charge is 0.478 e. The Morgan fingerprint density at radius 3 is 2.56 bits per heavy atom. The summed E-state index contributed by atoms with van der Waals surface area (Å²) < 4.78 is 0. The van der Waals surface area contributed by atoms with E-state index in [1.165, 1.54) is 0 Å². The molecular weight excluding hydrogens is 236 g/mol. The number of carbonyl (C=O) groups excluding carboxylic acids is 2. The standard InChI is InChI=1S/C12H12N2O4/c1-8-3-2-4-9(7-8)13-12(18)14-10(15)5-6-11(16)17/h2-7H,1H3,(H,16,17)(H2,13,14,15,18)/b6-5+. The number of nitrogens with one attached hydrogen (secondary N) is 2. The summed E-state index contributed by atoms with van der Waals surface area (Å²) in [7, 11) is 0. The molecule has 3 amide bonds. The molecule has 0 unspecified atom stereocenters. The maximum Gasteiger partial charge on any atom is 0.328 e. The normalized spacial score (nSPS) is 10.1. The van der Waals surface area contributed by atoms with E-state index in [1.54, 1.807) is 18.2 Å². The minimum absolute atomic E-state index is 0.544. The molecule has 3 N–H and O–H groups in total. The second-order valence-corrected chi connectivity index (χ2v) is 3.48. The molecule has 0 radical (unpaired) electrons. The third-order valence-corrected chi connectivity index (χ3v) is 1.89. The van der Waals surface area contributed by atoms with Crippen LogP contribution in [0.25, 0.3) is 0 Å². The molecule has 0 fully saturated rings. The van der Waals surface area contributed by atoms with Gasteiger partial charge in [-0.1, -0.05) is 12.1 Å². The summed E-state index contributed by atoms with van der Waals surface area (Å²) in [5.74, 6) is -2.06. The molecule has 1 aromatic rings. The van der Waals surface area contributed by atoms with Gasteiger partial charge < -0.3 is 10.4 Å². The number of carbonyl (C=O) groups is 3. The van der Waals surface area contributed by atoms with E-state index in [-0.39, 0.29) is 0 Å². The van der Waals surface area contributed by atoms with Crippen LogP contribution in [0.1, 0.15) is 5.56 Å². The number of urea groups is 1. The third-order valence-electron chi connectivity index (χ3n) is 1.89. The molecule has 0 aliphatic heterocycles. The smallest absolute Gasteiger partial charge is 0.328 e. The number of aryl methyl sites for hydroxylation is 1.